The molecule has 5 nitrogen and oxygen atoms in total. The summed E-state index contributed by atoms with van der Waals surface area (Å²) in [6.45, 7) is 4.17. The van der Waals surface area contributed by atoms with Gasteiger partial charge in [-0.25, -0.2) is 0 Å². The van der Waals surface area contributed by atoms with Gasteiger partial charge in [0.2, 0.25) is 11.8 Å². The number of benzene rings is 2. The maximum absolute atomic E-state index is 12.2. The Morgan fingerprint density at radius 1 is 1.07 bits per heavy atom. The maximum atomic E-state index is 12.2. The molecule has 28 heavy (non-hydrogen) atoms. The van der Waals surface area contributed by atoms with E-state index in [1.54, 1.807) is 0 Å². The highest BCUT2D eigenvalue weighted by molar-refractivity contribution is 5.92. The first-order chi connectivity index (χ1) is 13.5. The van der Waals surface area contributed by atoms with E-state index in [-0.39, 0.29) is 17.7 Å². The van der Waals surface area contributed by atoms with E-state index in [9.17, 15) is 9.59 Å². The minimum absolute atomic E-state index is 0.0153. The Bertz CT molecular complexity index is 959. The van der Waals surface area contributed by atoms with Crippen LogP contribution in [0.15, 0.2) is 54.7 Å². The van der Waals surface area contributed by atoms with E-state index < -0.39 is 0 Å². The van der Waals surface area contributed by atoms with Gasteiger partial charge in [-0.2, -0.15) is 0 Å². The molecule has 1 aromatic heterocycles. The number of carbonyl (C=O) groups excluding carboxylic acids is 2. The third kappa shape index (κ3) is 5.22. The third-order valence-electron chi connectivity index (χ3n) is 4.73. The number of H-pyrrole nitrogens is 1. The first-order valence-electron chi connectivity index (χ1n) is 9.74. The number of anilines is 1. The van der Waals surface area contributed by atoms with Gasteiger partial charge >= 0.3 is 0 Å². The molecule has 0 atom stereocenters. The zero-order valence-electron chi connectivity index (χ0n) is 16.4. The summed E-state index contributed by atoms with van der Waals surface area (Å²) in [5, 5.41) is 7.06. The van der Waals surface area contributed by atoms with Gasteiger partial charge in [-0.3, -0.25) is 9.59 Å². The van der Waals surface area contributed by atoms with Crippen molar-refractivity contribution in [3.63, 3.8) is 0 Å². The van der Waals surface area contributed by atoms with Crippen LogP contribution in [0.3, 0.4) is 0 Å². The molecule has 1 heterocycles. The molecular weight excluding hydrogens is 350 g/mol. The smallest absolute Gasteiger partial charge is 0.226 e. The lowest BCUT2D eigenvalue weighted by Crippen LogP contribution is -2.22. The average Bonchev–Trinajstić information content (AvgIpc) is 3.10. The number of aromatic nitrogens is 1. The van der Waals surface area contributed by atoms with Gasteiger partial charge in [-0.1, -0.05) is 44.2 Å². The normalized spacial score (nSPS) is 11.0. The fraction of sp³-hybridized carbons (Fsp3) is 0.304. The molecule has 146 valence electrons. The lowest BCUT2D eigenvalue weighted by molar-refractivity contribution is -0.121. The minimum Gasteiger partial charge on any atom is -0.361 e. The summed E-state index contributed by atoms with van der Waals surface area (Å²) in [4.78, 5) is 27.2. The molecule has 3 rings (SSSR count). The van der Waals surface area contributed by atoms with E-state index in [0.717, 1.165) is 29.6 Å². The van der Waals surface area contributed by atoms with Crippen LogP contribution in [0.4, 0.5) is 5.69 Å². The number of rotatable bonds is 8. The van der Waals surface area contributed by atoms with E-state index in [0.29, 0.717) is 13.0 Å². The highest BCUT2D eigenvalue weighted by atomic mass is 16.2. The van der Waals surface area contributed by atoms with Gasteiger partial charge in [0.15, 0.2) is 0 Å². The number of hydrogen-bond acceptors (Lipinski definition) is 2. The third-order valence-corrected chi connectivity index (χ3v) is 4.73. The Labute approximate surface area is 165 Å². The molecule has 2 aromatic carbocycles. The van der Waals surface area contributed by atoms with Crippen molar-refractivity contribution in [2.24, 2.45) is 5.92 Å². The van der Waals surface area contributed by atoms with E-state index in [2.05, 4.69) is 27.8 Å². The van der Waals surface area contributed by atoms with Crippen molar-refractivity contribution >= 4 is 28.4 Å². The molecule has 0 unspecified atom stereocenters. The molecule has 0 bridgehead atoms. The number of fused-ring (bicyclic) bond motifs is 1. The van der Waals surface area contributed by atoms with Gasteiger partial charge in [-0.15, -0.1) is 0 Å². The molecule has 0 fully saturated rings. The fourth-order valence-corrected chi connectivity index (χ4v) is 3.11. The van der Waals surface area contributed by atoms with Crippen molar-refractivity contribution in [3.8, 4) is 0 Å². The largest absolute Gasteiger partial charge is 0.361 e. The van der Waals surface area contributed by atoms with Gasteiger partial charge in [-0.05, 0) is 42.2 Å². The van der Waals surface area contributed by atoms with E-state index in [1.807, 2.05) is 56.4 Å². The predicted octanol–water partition coefficient (Wildman–Crippen LogP) is 4.40. The topological polar surface area (TPSA) is 74.0 Å². The van der Waals surface area contributed by atoms with Crippen LogP contribution < -0.4 is 10.6 Å². The first-order valence-corrected chi connectivity index (χ1v) is 9.74. The van der Waals surface area contributed by atoms with Crippen LogP contribution in [0.5, 0.6) is 0 Å². The summed E-state index contributed by atoms with van der Waals surface area (Å²) in [5.41, 5.74) is 4.10. The summed E-state index contributed by atoms with van der Waals surface area (Å²) < 4.78 is 0. The molecular formula is C23H27N3O2. The Morgan fingerprint density at radius 2 is 1.89 bits per heavy atom. The zero-order valence-corrected chi connectivity index (χ0v) is 16.4. The van der Waals surface area contributed by atoms with Crippen molar-refractivity contribution in [2.75, 3.05) is 5.32 Å². The van der Waals surface area contributed by atoms with Gasteiger partial charge < -0.3 is 15.6 Å². The van der Waals surface area contributed by atoms with E-state index in [1.165, 1.54) is 10.9 Å². The minimum atomic E-state index is -0.0690. The van der Waals surface area contributed by atoms with Gasteiger partial charge in [0.05, 0.1) is 0 Å². The maximum Gasteiger partial charge on any atom is 0.226 e. The molecule has 3 aromatic rings. The molecule has 0 aliphatic rings. The molecule has 0 spiro atoms. The van der Waals surface area contributed by atoms with E-state index in [4.69, 9.17) is 0 Å². The Morgan fingerprint density at radius 3 is 2.71 bits per heavy atom. The van der Waals surface area contributed by atoms with Crippen LogP contribution in [-0.2, 0) is 22.6 Å². The van der Waals surface area contributed by atoms with Crippen molar-refractivity contribution in [1.82, 2.24) is 10.3 Å². The number of amides is 2. The second-order valence-corrected chi connectivity index (χ2v) is 7.33. The summed E-state index contributed by atoms with van der Waals surface area (Å²) in [5.74, 6) is -0.0459. The molecule has 0 radical (unpaired) electrons. The number of nitrogens with one attached hydrogen (secondary N) is 3. The summed E-state index contributed by atoms with van der Waals surface area (Å²) in [7, 11) is 0. The van der Waals surface area contributed by atoms with Crippen molar-refractivity contribution in [2.45, 2.75) is 39.7 Å². The summed E-state index contributed by atoms with van der Waals surface area (Å²) >= 11 is 0. The first kappa shape index (κ1) is 19.7. The number of aryl methyl sites for hydroxylation is 1. The second-order valence-electron chi connectivity index (χ2n) is 7.33. The van der Waals surface area contributed by atoms with Gasteiger partial charge in [0, 0.05) is 41.7 Å². The lowest BCUT2D eigenvalue weighted by Gasteiger charge is -2.10. The van der Waals surface area contributed by atoms with Crippen molar-refractivity contribution < 1.29 is 9.59 Å². The van der Waals surface area contributed by atoms with Crippen LogP contribution in [0, 0.1) is 5.92 Å². The Kier molecular flexibility index (Phi) is 6.48. The highest BCUT2D eigenvalue weighted by Gasteiger charge is 2.08. The standard InChI is InChI=1S/C23H27N3O2/c1-16(2)23(28)26-19-9-5-7-17(13-19)14-25-22(27)12-6-8-18-15-24-21-11-4-3-10-20(18)21/h3-5,7,9-11,13,15-16,24H,6,8,12,14H2,1-2H3,(H,25,27)(H,26,28). The number of aromatic amines is 1. The van der Waals surface area contributed by atoms with Crippen molar-refractivity contribution in [1.29, 1.82) is 0 Å². The zero-order chi connectivity index (χ0) is 19.9. The van der Waals surface area contributed by atoms with E-state index >= 15 is 0 Å². The summed E-state index contributed by atoms with van der Waals surface area (Å²) in [6, 6.07) is 15.8. The predicted molar refractivity (Wildman–Crippen MR) is 113 cm³/mol. The van der Waals surface area contributed by atoms with Crippen LogP contribution >= 0.6 is 0 Å². The fourth-order valence-electron chi connectivity index (χ4n) is 3.11. The Hall–Kier alpha value is -3.08. The lowest BCUT2D eigenvalue weighted by atomic mass is 10.1. The SMILES string of the molecule is CC(C)C(=O)Nc1cccc(CNC(=O)CCCc2c[nH]c3ccccc23)c1. The average molecular weight is 377 g/mol. The van der Waals surface area contributed by atoms with Crippen LogP contribution in [-0.4, -0.2) is 16.8 Å². The van der Waals surface area contributed by atoms with Gasteiger partial charge in [0.1, 0.15) is 0 Å². The Balaban J connectivity index is 1.45. The monoisotopic (exact) mass is 377 g/mol. The van der Waals surface area contributed by atoms with Crippen LogP contribution in [0.2, 0.25) is 0 Å². The highest BCUT2D eigenvalue weighted by Crippen LogP contribution is 2.19. The molecule has 2 amide bonds. The van der Waals surface area contributed by atoms with Gasteiger partial charge in [0.25, 0.3) is 0 Å². The molecule has 0 saturated carbocycles. The molecule has 0 aliphatic heterocycles. The summed E-state index contributed by atoms with van der Waals surface area (Å²) in [6.07, 6.45) is 4.19. The number of para-hydroxylation sites is 1. The van der Waals surface area contributed by atoms with Crippen LogP contribution in [0.1, 0.15) is 37.8 Å². The molecule has 5 heteroatoms. The second kappa shape index (κ2) is 9.22. The molecule has 3 N–H and O–H groups in total. The number of hydrogen-bond donors (Lipinski definition) is 3. The molecule has 0 aliphatic carbocycles. The quantitative estimate of drug-likeness (QED) is 0.544. The van der Waals surface area contributed by atoms with Crippen LogP contribution in [0.25, 0.3) is 10.9 Å². The molecule has 0 saturated heterocycles. The number of carbonyl (C=O) groups is 2. The van der Waals surface area contributed by atoms with Crippen molar-refractivity contribution in [3.05, 3.63) is 65.9 Å².